The van der Waals surface area contributed by atoms with Crippen LogP contribution in [0.2, 0.25) is 0 Å². The third-order valence-corrected chi connectivity index (χ3v) is 2.60. The van der Waals surface area contributed by atoms with Gasteiger partial charge < -0.3 is 4.74 Å². The molecule has 0 fully saturated rings. The van der Waals surface area contributed by atoms with Gasteiger partial charge in [-0.2, -0.15) is 4.57 Å². The van der Waals surface area contributed by atoms with Crippen LogP contribution in [0.15, 0.2) is 24.3 Å². The molecule has 0 saturated carbocycles. The van der Waals surface area contributed by atoms with Gasteiger partial charge >= 0.3 is 0 Å². The largest absolute Gasteiger partial charge is 0.427 e. The van der Waals surface area contributed by atoms with Crippen molar-refractivity contribution in [1.29, 1.82) is 0 Å². The van der Waals surface area contributed by atoms with Crippen molar-refractivity contribution in [3.8, 4) is 0 Å². The second-order valence-corrected chi connectivity index (χ2v) is 3.41. The van der Waals surface area contributed by atoms with Crippen LogP contribution in [-0.4, -0.2) is 11.0 Å². The summed E-state index contributed by atoms with van der Waals surface area (Å²) in [5.41, 5.74) is 2.00. The zero-order valence-corrected chi connectivity index (χ0v) is 9.09. The van der Waals surface area contributed by atoms with E-state index in [1.807, 2.05) is 35.8 Å². The van der Waals surface area contributed by atoms with Crippen molar-refractivity contribution < 1.29 is 14.1 Å². The maximum atomic E-state index is 10.2. The number of benzene rings is 1. The fraction of sp³-hybridized carbons (Fsp3) is 0.250. The highest BCUT2D eigenvalue weighted by molar-refractivity contribution is 5.72. The predicted octanol–water partition coefficient (Wildman–Crippen LogP) is 1.14. The van der Waals surface area contributed by atoms with Crippen LogP contribution < -0.4 is 4.57 Å². The molecule has 0 saturated heterocycles. The predicted molar refractivity (Wildman–Crippen MR) is 58.4 cm³/mol. The van der Waals surface area contributed by atoms with E-state index in [9.17, 15) is 4.79 Å². The summed E-state index contributed by atoms with van der Waals surface area (Å²) in [6.07, 6.45) is 0. The molecule has 2 radical (unpaired) electrons. The molecular weight excluding hydrogens is 204 g/mol. The fourth-order valence-corrected chi connectivity index (χ4v) is 1.89. The molecule has 4 heteroatoms. The van der Waals surface area contributed by atoms with E-state index >= 15 is 0 Å². The molecule has 2 aromatic rings. The number of hydrogen-bond donors (Lipinski definition) is 0. The molecule has 0 N–H and O–H groups in total. The normalized spacial score (nSPS) is 10.6. The fourth-order valence-electron chi connectivity index (χ4n) is 1.89. The Morgan fingerprint density at radius 1 is 1.50 bits per heavy atom. The summed E-state index contributed by atoms with van der Waals surface area (Å²) in [6.45, 7) is 9.36. The van der Waals surface area contributed by atoms with Crippen molar-refractivity contribution in [2.24, 2.45) is 0 Å². The quantitative estimate of drug-likeness (QED) is 0.568. The first-order chi connectivity index (χ1) is 7.79. The van der Waals surface area contributed by atoms with Crippen LogP contribution in [0.25, 0.3) is 11.0 Å². The van der Waals surface area contributed by atoms with Crippen LogP contribution in [-0.2, 0) is 22.8 Å². The molecule has 82 valence electrons. The van der Waals surface area contributed by atoms with Crippen molar-refractivity contribution >= 4 is 17.5 Å². The molecule has 0 aliphatic heterocycles. The maximum absolute atomic E-state index is 10.2. The van der Waals surface area contributed by atoms with Gasteiger partial charge in [0.25, 0.3) is 12.3 Å². The van der Waals surface area contributed by atoms with Crippen LogP contribution in [0.4, 0.5) is 0 Å². The maximum Gasteiger partial charge on any atom is 0.296 e. The summed E-state index contributed by atoms with van der Waals surface area (Å²) in [7, 11) is 0. The third-order valence-electron chi connectivity index (χ3n) is 2.60. The van der Waals surface area contributed by atoms with Gasteiger partial charge in [0, 0.05) is 0 Å². The Morgan fingerprint density at radius 3 is 2.94 bits per heavy atom. The van der Waals surface area contributed by atoms with E-state index in [1.165, 1.54) is 0 Å². The Balaban J connectivity index is 2.62. The second kappa shape index (κ2) is 4.35. The number of para-hydroxylation sites is 2. The van der Waals surface area contributed by atoms with Gasteiger partial charge in [-0.05, 0) is 19.1 Å². The molecule has 1 aromatic heterocycles. The van der Waals surface area contributed by atoms with E-state index in [-0.39, 0.29) is 6.73 Å². The molecule has 0 atom stereocenters. The molecule has 0 bridgehead atoms. The van der Waals surface area contributed by atoms with E-state index in [2.05, 4.69) is 0 Å². The lowest BCUT2D eigenvalue weighted by atomic mass is 10.3. The highest BCUT2D eigenvalue weighted by Crippen LogP contribution is 2.13. The number of imidazole rings is 1. The number of rotatable bonds is 4. The lowest BCUT2D eigenvalue weighted by molar-refractivity contribution is -0.707. The Kier molecular flexibility index (Phi) is 2.90. The number of fused-ring (bicyclic) bond motifs is 1. The minimum absolute atomic E-state index is 0.142. The van der Waals surface area contributed by atoms with Crippen LogP contribution in [0.3, 0.4) is 0 Å². The minimum Gasteiger partial charge on any atom is -0.427 e. The van der Waals surface area contributed by atoms with Gasteiger partial charge in [-0.1, -0.05) is 12.1 Å². The van der Waals surface area contributed by atoms with Gasteiger partial charge in [0.05, 0.1) is 13.5 Å². The Hall–Kier alpha value is -1.84. The Bertz CT molecular complexity index is 517. The SMILES string of the molecule is [CH]c1n(CC)c2ccccc2[n+]1COC=O. The first-order valence-electron chi connectivity index (χ1n) is 5.11. The molecule has 1 heterocycles. The average molecular weight is 217 g/mol. The average Bonchev–Trinajstić information content (AvgIpc) is 2.58. The number of carbonyl (C=O) groups is 1. The Labute approximate surface area is 94.1 Å². The van der Waals surface area contributed by atoms with E-state index in [1.54, 1.807) is 4.57 Å². The van der Waals surface area contributed by atoms with E-state index in [4.69, 9.17) is 11.7 Å². The monoisotopic (exact) mass is 217 g/mol. The molecular formula is C12H13N2O2+. The minimum atomic E-state index is 0.142. The molecule has 0 amide bonds. The van der Waals surface area contributed by atoms with E-state index < -0.39 is 0 Å². The topological polar surface area (TPSA) is 35.1 Å². The number of nitrogens with zero attached hydrogens (tertiary/aromatic N) is 2. The highest BCUT2D eigenvalue weighted by atomic mass is 16.5. The zero-order chi connectivity index (χ0) is 11.5. The lowest BCUT2D eigenvalue weighted by Gasteiger charge is -1.97. The molecule has 4 nitrogen and oxygen atoms in total. The van der Waals surface area contributed by atoms with Crippen molar-refractivity contribution in [3.63, 3.8) is 0 Å². The van der Waals surface area contributed by atoms with E-state index in [0.29, 0.717) is 12.3 Å². The summed E-state index contributed by atoms with van der Waals surface area (Å²) in [4.78, 5) is 10.2. The van der Waals surface area contributed by atoms with Gasteiger partial charge in [0.1, 0.15) is 0 Å². The van der Waals surface area contributed by atoms with Crippen LogP contribution >= 0.6 is 0 Å². The highest BCUT2D eigenvalue weighted by Gasteiger charge is 2.20. The summed E-state index contributed by atoms with van der Waals surface area (Å²) in [5, 5.41) is 0. The van der Waals surface area contributed by atoms with Gasteiger partial charge in [0.2, 0.25) is 6.73 Å². The molecule has 0 spiro atoms. The number of ether oxygens (including phenoxy) is 1. The number of hydrogen-bond acceptors (Lipinski definition) is 2. The van der Waals surface area contributed by atoms with Gasteiger partial charge in [-0.15, -0.1) is 0 Å². The van der Waals surface area contributed by atoms with Crippen LogP contribution in [0, 0.1) is 6.92 Å². The molecule has 0 unspecified atom stereocenters. The summed E-state index contributed by atoms with van der Waals surface area (Å²) < 4.78 is 8.50. The third kappa shape index (κ3) is 1.56. The van der Waals surface area contributed by atoms with Crippen LogP contribution in [0.1, 0.15) is 12.7 Å². The molecule has 1 aromatic carbocycles. The van der Waals surface area contributed by atoms with Gasteiger partial charge in [-0.25, -0.2) is 4.57 Å². The number of aromatic nitrogens is 2. The standard InChI is InChI=1S/C12H13N2O2/c1-3-13-10(2)14(8-16-9-15)12-7-5-4-6-11(12)13/h2,4-7,9H,3,8H2,1H3/q+1. The van der Waals surface area contributed by atoms with Crippen molar-refractivity contribution in [2.75, 3.05) is 0 Å². The Morgan fingerprint density at radius 2 is 2.25 bits per heavy atom. The van der Waals surface area contributed by atoms with Gasteiger partial charge in [0.15, 0.2) is 11.0 Å². The smallest absolute Gasteiger partial charge is 0.296 e. The molecule has 0 aliphatic rings. The summed E-state index contributed by atoms with van der Waals surface area (Å²) in [6, 6.07) is 7.83. The van der Waals surface area contributed by atoms with Crippen molar-refractivity contribution in [3.05, 3.63) is 37.0 Å². The summed E-state index contributed by atoms with van der Waals surface area (Å²) >= 11 is 0. The van der Waals surface area contributed by atoms with Crippen molar-refractivity contribution in [1.82, 2.24) is 4.57 Å². The zero-order valence-electron chi connectivity index (χ0n) is 9.09. The number of carbonyl (C=O) groups excluding carboxylic acids is 1. The first-order valence-corrected chi connectivity index (χ1v) is 5.11. The molecule has 16 heavy (non-hydrogen) atoms. The van der Waals surface area contributed by atoms with Crippen LogP contribution in [0.5, 0.6) is 0 Å². The lowest BCUT2D eigenvalue weighted by Crippen LogP contribution is -2.37. The second-order valence-electron chi connectivity index (χ2n) is 3.41. The van der Waals surface area contributed by atoms with Gasteiger partial charge in [-0.3, -0.25) is 4.79 Å². The van der Waals surface area contributed by atoms with Crippen molar-refractivity contribution in [2.45, 2.75) is 20.2 Å². The molecule has 2 rings (SSSR count). The van der Waals surface area contributed by atoms with E-state index in [0.717, 1.165) is 17.6 Å². The summed E-state index contributed by atoms with van der Waals surface area (Å²) in [5.74, 6) is 0.588. The number of aryl methyl sites for hydroxylation is 1. The molecule has 0 aliphatic carbocycles. The first kappa shape index (κ1) is 10.7.